The van der Waals surface area contributed by atoms with E-state index in [1.54, 1.807) is 6.07 Å². The fraction of sp³-hybridized carbons (Fsp3) is 0.200. The summed E-state index contributed by atoms with van der Waals surface area (Å²) in [6.07, 6.45) is 0.971. The molecule has 2 nitrogen and oxygen atoms in total. The minimum Gasteiger partial charge on any atom is -0.506 e. The van der Waals surface area contributed by atoms with Crippen LogP contribution in [-0.4, -0.2) is 5.11 Å². The van der Waals surface area contributed by atoms with Gasteiger partial charge < -0.3 is 10.4 Å². The van der Waals surface area contributed by atoms with Crippen LogP contribution < -0.4 is 5.32 Å². The molecule has 0 spiro atoms. The molecule has 1 unspecified atom stereocenters. The monoisotopic (exact) mass is 227 g/mol. The number of nitrogens with one attached hydrogen (secondary N) is 1. The van der Waals surface area contributed by atoms with E-state index in [1.807, 2.05) is 36.4 Å². The van der Waals surface area contributed by atoms with Gasteiger partial charge in [0.15, 0.2) is 0 Å². The van der Waals surface area contributed by atoms with Crippen LogP contribution in [0.4, 0.5) is 5.69 Å². The molecule has 0 radical (unpaired) electrons. The molecular formula is C15H17NO. The summed E-state index contributed by atoms with van der Waals surface area (Å²) in [5.74, 6) is 0.293. The van der Waals surface area contributed by atoms with Gasteiger partial charge in [-0.15, -0.1) is 0 Å². The lowest BCUT2D eigenvalue weighted by Gasteiger charge is -2.19. The smallest absolute Gasteiger partial charge is 0.138 e. The average Bonchev–Trinajstić information content (AvgIpc) is 2.39. The lowest BCUT2D eigenvalue weighted by Crippen LogP contribution is -2.09. The number of para-hydroxylation sites is 2. The molecule has 0 bridgehead atoms. The Morgan fingerprint density at radius 3 is 2.29 bits per heavy atom. The van der Waals surface area contributed by atoms with E-state index in [0.29, 0.717) is 5.75 Å². The van der Waals surface area contributed by atoms with Crippen LogP contribution >= 0.6 is 0 Å². The van der Waals surface area contributed by atoms with Gasteiger partial charge in [0.05, 0.1) is 11.7 Å². The Kier molecular flexibility index (Phi) is 3.66. The van der Waals surface area contributed by atoms with E-state index in [0.717, 1.165) is 12.1 Å². The Morgan fingerprint density at radius 2 is 1.65 bits per heavy atom. The van der Waals surface area contributed by atoms with Gasteiger partial charge in [0.2, 0.25) is 0 Å². The van der Waals surface area contributed by atoms with Gasteiger partial charge >= 0.3 is 0 Å². The molecule has 2 aromatic carbocycles. The summed E-state index contributed by atoms with van der Waals surface area (Å²) < 4.78 is 0. The van der Waals surface area contributed by atoms with E-state index >= 15 is 0 Å². The molecular weight excluding hydrogens is 210 g/mol. The van der Waals surface area contributed by atoms with Crippen molar-refractivity contribution in [3.8, 4) is 5.75 Å². The molecule has 1 atom stereocenters. The van der Waals surface area contributed by atoms with Gasteiger partial charge in [0.1, 0.15) is 5.75 Å². The first-order chi connectivity index (χ1) is 8.31. The maximum atomic E-state index is 9.74. The Bertz CT molecular complexity index is 467. The van der Waals surface area contributed by atoms with Gasteiger partial charge in [-0.2, -0.15) is 0 Å². The summed E-state index contributed by atoms with van der Waals surface area (Å²) in [6, 6.07) is 17.8. The Hall–Kier alpha value is -1.96. The molecule has 17 heavy (non-hydrogen) atoms. The van der Waals surface area contributed by atoms with Crippen molar-refractivity contribution in [3.05, 3.63) is 60.2 Å². The molecule has 0 amide bonds. The van der Waals surface area contributed by atoms with Gasteiger partial charge in [-0.1, -0.05) is 49.4 Å². The number of phenolic OH excluding ortho intramolecular Hbond substituents is 1. The van der Waals surface area contributed by atoms with E-state index in [1.165, 1.54) is 5.56 Å². The molecule has 88 valence electrons. The normalized spacial score (nSPS) is 12.1. The summed E-state index contributed by atoms with van der Waals surface area (Å²) in [5.41, 5.74) is 2.02. The van der Waals surface area contributed by atoms with Crippen molar-refractivity contribution in [2.45, 2.75) is 19.4 Å². The van der Waals surface area contributed by atoms with Crippen LogP contribution in [0.15, 0.2) is 54.6 Å². The molecule has 0 aliphatic carbocycles. The molecule has 0 saturated carbocycles. The van der Waals surface area contributed by atoms with Crippen molar-refractivity contribution in [1.82, 2.24) is 0 Å². The summed E-state index contributed by atoms with van der Waals surface area (Å²) in [5, 5.41) is 13.1. The molecule has 0 saturated heterocycles. The van der Waals surface area contributed by atoms with E-state index in [9.17, 15) is 5.11 Å². The minimum absolute atomic E-state index is 0.226. The lowest BCUT2D eigenvalue weighted by molar-refractivity contribution is 0.476. The molecule has 0 aromatic heterocycles. The molecule has 0 aliphatic rings. The summed E-state index contributed by atoms with van der Waals surface area (Å²) in [7, 11) is 0. The summed E-state index contributed by atoms with van der Waals surface area (Å²) in [4.78, 5) is 0. The zero-order valence-electron chi connectivity index (χ0n) is 9.93. The van der Waals surface area contributed by atoms with E-state index in [4.69, 9.17) is 0 Å². The van der Waals surface area contributed by atoms with Crippen molar-refractivity contribution in [3.63, 3.8) is 0 Å². The number of anilines is 1. The number of rotatable bonds is 4. The lowest BCUT2D eigenvalue weighted by atomic mass is 10.0. The zero-order chi connectivity index (χ0) is 12.1. The quantitative estimate of drug-likeness (QED) is 0.775. The predicted octanol–water partition coefficient (Wildman–Crippen LogP) is 3.96. The van der Waals surface area contributed by atoms with Crippen LogP contribution in [0.2, 0.25) is 0 Å². The third-order valence-corrected chi connectivity index (χ3v) is 2.84. The number of phenols is 1. The Labute approximate surface area is 102 Å². The van der Waals surface area contributed by atoms with Crippen LogP contribution in [0.3, 0.4) is 0 Å². The maximum absolute atomic E-state index is 9.74. The van der Waals surface area contributed by atoms with Crippen LogP contribution in [0.5, 0.6) is 5.75 Å². The van der Waals surface area contributed by atoms with Crippen molar-refractivity contribution in [2.24, 2.45) is 0 Å². The Balaban J connectivity index is 2.19. The first-order valence-electron chi connectivity index (χ1n) is 5.90. The molecule has 0 fully saturated rings. The number of hydrogen-bond acceptors (Lipinski definition) is 2. The fourth-order valence-corrected chi connectivity index (χ4v) is 1.89. The van der Waals surface area contributed by atoms with Crippen LogP contribution in [0.25, 0.3) is 0 Å². The van der Waals surface area contributed by atoms with Crippen LogP contribution in [0.1, 0.15) is 24.9 Å². The largest absolute Gasteiger partial charge is 0.506 e. The van der Waals surface area contributed by atoms with E-state index in [2.05, 4.69) is 24.4 Å². The Morgan fingerprint density at radius 1 is 1.00 bits per heavy atom. The topological polar surface area (TPSA) is 32.3 Å². The molecule has 2 rings (SSSR count). The summed E-state index contributed by atoms with van der Waals surface area (Å²) in [6.45, 7) is 2.13. The number of aromatic hydroxyl groups is 1. The third-order valence-electron chi connectivity index (χ3n) is 2.84. The third kappa shape index (κ3) is 2.78. The maximum Gasteiger partial charge on any atom is 0.138 e. The highest BCUT2D eigenvalue weighted by molar-refractivity contribution is 5.56. The van der Waals surface area contributed by atoms with Crippen LogP contribution in [-0.2, 0) is 0 Å². The standard InChI is InChI=1S/C15H17NO/c1-2-13(12-8-4-3-5-9-12)16-14-10-6-7-11-15(14)17/h3-11,13,16-17H,2H2,1H3. The number of benzene rings is 2. The molecule has 2 aromatic rings. The van der Waals surface area contributed by atoms with E-state index < -0.39 is 0 Å². The SMILES string of the molecule is CCC(Nc1ccccc1O)c1ccccc1. The molecule has 2 N–H and O–H groups in total. The first-order valence-corrected chi connectivity index (χ1v) is 5.90. The predicted molar refractivity (Wildman–Crippen MR) is 71.2 cm³/mol. The minimum atomic E-state index is 0.226. The van der Waals surface area contributed by atoms with Gasteiger partial charge in [-0.3, -0.25) is 0 Å². The van der Waals surface area contributed by atoms with Crippen molar-refractivity contribution in [1.29, 1.82) is 0 Å². The molecule has 0 heterocycles. The highest BCUT2D eigenvalue weighted by atomic mass is 16.3. The van der Waals surface area contributed by atoms with Gasteiger partial charge in [0, 0.05) is 0 Å². The molecule has 0 aliphatic heterocycles. The van der Waals surface area contributed by atoms with Crippen LogP contribution in [0, 0.1) is 0 Å². The van der Waals surface area contributed by atoms with Crippen molar-refractivity contribution in [2.75, 3.05) is 5.32 Å². The van der Waals surface area contributed by atoms with Crippen molar-refractivity contribution >= 4 is 5.69 Å². The highest BCUT2D eigenvalue weighted by Gasteiger charge is 2.09. The second-order valence-electron chi connectivity index (χ2n) is 4.03. The van der Waals surface area contributed by atoms with Gasteiger partial charge in [-0.25, -0.2) is 0 Å². The average molecular weight is 227 g/mol. The fourth-order valence-electron chi connectivity index (χ4n) is 1.89. The molecule has 2 heteroatoms. The zero-order valence-corrected chi connectivity index (χ0v) is 9.93. The van der Waals surface area contributed by atoms with E-state index in [-0.39, 0.29) is 6.04 Å². The number of hydrogen-bond donors (Lipinski definition) is 2. The van der Waals surface area contributed by atoms with Gasteiger partial charge in [0.25, 0.3) is 0 Å². The van der Waals surface area contributed by atoms with Crippen molar-refractivity contribution < 1.29 is 5.11 Å². The second kappa shape index (κ2) is 5.39. The summed E-state index contributed by atoms with van der Waals surface area (Å²) >= 11 is 0. The first kappa shape index (κ1) is 11.5. The second-order valence-corrected chi connectivity index (χ2v) is 4.03. The van der Waals surface area contributed by atoms with Gasteiger partial charge in [-0.05, 0) is 24.1 Å². The highest BCUT2D eigenvalue weighted by Crippen LogP contribution is 2.28.